The van der Waals surface area contributed by atoms with E-state index < -0.39 is 11.9 Å². The van der Waals surface area contributed by atoms with E-state index in [1.807, 2.05) is 0 Å². The van der Waals surface area contributed by atoms with Crippen molar-refractivity contribution in [1.82, 2.24) is 0 Å². The van der Waals surface area contributed by atoms with Crippen molar-refractivity contribution >= 4 is 23.5 Å². The number of carbonyl (C=O) groups is 4. The normalized spacial score (nSPS) is 47.4. The van der Waals surface area contributed by atoms with E-state index in [1.54, 1.807) is 0 Å². The molecule has 0 aromatic heterocycles. The summed E-state index contributed by atoms with van der Waals surface area (Å²) < 4.78 is 0. The molecule has 8 aliphatic carbocycles. The van der Waals surface area contributed by atoms with Crippen LogP contribution in [-0.2, 0) is 19.2 Å². The summed E-state index contributed by atoms with van der Waals surface area (Å²) in [5.41, 5.74) is 0.780. The van der Waals surface area contributed by atoms with Crippen LogP contribution in [0, 0.1) is 105 Å². The summed E-state index contributed by atoms with van der Waals surface area (Å²) in [5, 5.41) is 42.5. The van der Waals surface area contributed by atoms with Crippen molar-refractivity contribution < 1.29 is 39.6 Å². The van der Waals surface area contributed by atoms with Crippen molar-refractivity contribution in [2.24, 2.45) is 105 Å². The van der Waals surface area contributed by atoms with Gasteiger partial charge in [-0.3, -0.25) is 19.2 Å². The van der Waals surface area contributed by atoms with Crippen molar-refractivity contribution in [2.75, 3.05) is 0 Å². The molecule has 0 amide bonds. The van der Waals surface area contributed by atoms with E-state index in [1.165, 1.54) is 12.8 Å². The van der Waals surface area contributed by atoms with Gasteiger partial charge in [0.05, 0.1) is 12.2 Å². The lowest BCUT2D eigenvalue weighted by Crippen LogP contribution is -2.58. The highest BCUT2D eigenvalue weighted by molar-refractivity contribution is 5.81. The van der Waals surface area contributed by atoms with Crippen LogP contribution < -0.4 is 0 Å². The fourth-order valence-corrected chi connectivity index (χ4v) is 19.4. The van der Waals surface area contributed by atoms with Crippen molar-refractivity contribution in [1.29, 1.82) is 0 Å². The fraction of sp³-hybridized carbons (Fsp3) is 0.927. The molecule has 8 heteroatoms. The second-order valence-corrected chi connectivity index (χ2v) is 25.5. The van der Waals surface area contributed by atoms with Crippen LogP contribution in [0.1, 0.15) is 202 Å². The van der Waals surface area contributed by atoms with Gasteiger partial charge in [-0.2, -0.15) is 0 Å². The number of Topliss-reactive ketones (excluding diaryl/α,β-unsaturated/α-hetero) is 2. The highest BCUT2D eigenvalue weighted by Crippen LogP contribution is 2.70. The Morgan fingerprint density at radius 2 is 0.857 bits per heavy atom. The first-order chi connectivity index (χ1) is 29.8. The highest BCUT2D eigenvalue weighted by Gasteiger charge is 2.64. The van der Waals surface area contributed by atoms with Gasteiger partial charge < -0.3 is 20.4 Å². The Morgan fingerprint density at radius 3 is 1.24 bits per heavy atom. The van der Waals surface area contributed by atoms with Gasteiger partial charge in [0.1, 0.15) is 11.6 Å². The molecule has 8 aliphatic rings. The summed E-state index contributed by atoms with van der Waals surface area (Å²) in [6.45, 7) is 14.5. The quantitative estimate of drug-likeness (QED) is 0.120. The monoisotopic (exact) mass is 877 g/mol. The zero-order valence-corrected chi connectivity index (χ0v) is 40.3. The van der Waals surface area contributed by atoms with Gasteiger partial charge in [0.2, 0.25) is 0 Å². The number of aliphatic carboxylic acids is 2. The summed E-state index contributed by atoms with van der Waals surface area (Å²) in [4.78, 5) is 49.6. The molecule has 8 fully saturated rings. The molecule has 0 spiro atoms. The minimum atomic E-state index is -0.701. The van der Waals surface area contributed by atoms with Crippen LogP contribution in [0.3, 0.4) is 0 Å². The van der Waals surface area contributed by atoms with Gasteiger partial charge in [-0.1, -0.05) is 41.5 Å². The van der Waals surface area contributed by atoms with Crippen LogP contribution in [0.15, 0.2) is 0 Å². The van der Waals surface area contributed by atoms with Gasteiger partial charge in [0.15, 0.2) is 0 Å². The first-order valence-electron chi connectivity index (χ1n) is 26.6. The molecule has 8 nitrogen and oxygen atoms in total. The van der Waals surface area contributed by atoms with Crippen LogP contribution in [-0.4, -0.2) is 56.1 Å². The number of carboxylic acids is 2. The average molecular weight is 877 g/mol. The number of hydrogen-bond donors (Lipinski definition) is 4. The number of carboxylic acid groups (broad SMARTS) is 2. The number of fused-ring (bicyclic) bond motifs is 10. The minimum Gasteiger partial charge on any atom is -0.481 e. The summed E-state index contributed by atoms with van der Waals surface area (Å²) in [5.74, 6) is 5.44. The lowest BCUT2D eigenvalue weighted by atomic mass is 9.43. The highest BCUT2D eigenvalue weighted by atomic mass is 16.4. The van der Waals surface area contributed by atoms with Gasteiger partial charge in [0.25, 0.3) is 0 Å². The SMILES string of the molecule is C[C@@H](CCC(=O)O)[C@@H]1CC[C@@H]2C3[C@H](O)CC4C[C@@H](CC(=O)CCCC(=O)C[C@H]5CC[C@]6(C)C(C5)C[C@@H](O)C5[C@H]7CC[C@@H]([C@@H](C)CCC(=O)O)[C@]7(C)CC[C@H]56)CC[C@@]4(C)[C@@H]3CC[C@]21C. The zero-order chi connectivity index (χ0) is 45.2. The third-order valence-electron chi connectivity index (χ3n) is 22.7. The number of hydrogen-bond acceptors (Lipinski definition) is 6. The predicted molar refractivity (Wildman–Crippen MR) is 245 cm³/mol. The second kappa shape index (κ2) is 18.4. The molecule has 0 saturated heterocycles. The van der Waals surface area contributed by atoms with Crippen molar-refractivity contribution in [3.8, 4) is 0 Å². The van der Waals surface area contributed by atoms with Crippen LogP contribution in [0.4, 0.5) is 0 Å². The molecule has 0 bridgehead atoms. The maximum Gasteiger partial charge on any atom is 0.303 e. The van der Waals surface area contributed by atoms with E-state index in [-0.39, 0.29) is 46.7 Å². The molecule has 0 heterocycles. The molecule has 0 aromatic carbocycles. The maximum absolute atomic E-state index is 13.4. The zero-order valence-electron chi connectivity index (χ0n) is 40.3. The molecule has 0 aromatic rings. The Labute approximate surface area is 380 Å². The number of rotatable bonds is 16. The Morgan fingerprint density at radius 1 is 0.492 bits per heavy atom. The maximum atomic E-state index is 13.4. The molecular formula is C55H88O8. The topological polar surface area (TPSA) is 149 Å². The van der Waals surface area contributed by atoms with Gasteiger partial charge in [-0.25, -0.2) is 0 Å². The summed E-state index contributed by atoms with van der Waals surface area (Å²) in [6.07, 6.45) is 21.8. The molecule has 4 unspecified atom stereocenters. The van der Waals surface area contributed by atoms with Crippen LogP contribution in [0.5, 0.6) is 0 Å². The largest absolute Gasteiger partial charge is 0.481 e. The summed E-state index contributed by atoms with van der Waals surface area (Å²) in [7, 11) is 0. The lowest BCUT2D eigenvalue weighted by molar-refractivity contribution is -0.170. The molecule has 8 rings (SSSR count). The molecule has 356 valence electrons. The molecule has 20 atom stereocenters. The predicted octanol–water partition coefficient (Wildman–Crippen LogP) is 11.6. The first-order valence-corrected chi connectivity index (χ1v) is 26.6. The van der Waals surface area contributed by atoms with Gasteiger partial charge in [-0.15, -0.1) is 0 Å². The van der Waals surface area contributed by atoms with E-state index >= 15 is 0 Å². The van der Waals surface area contributed by atoms with Crippen molar-refractivity contribution in [3.05, 3.63) is 0 Å². The Hall–Kier alpha value is -1.80. The fourth-order valence-electron chi connectivity index (χ4n) is 19.4. The van der Waals surface area contributed by atoms with Gasteiger partial charge >= 0.3 is 11.9 Å². The van der Waals surface area contributed by atoms with Crippen molar-refractivity contribution in [3.63, 3.8) is 0 Å². The van der Waals surface area contributed by atoms with E-state index in [0.717, 1.165) is 103 Å². The van der Waals surface area contributed by atoms with E-state index in [9.17, 15) is 39.6 Å². The number of carbonyl (C=O) groups excluding carboxylic acids is 2. The molecule has 0 aliphatic heterocycles. The van der Waals surface area contributed by atoms with Gasteiger partial charge in [0, 0.05) is 38.5 Å². The first kappa shape index (κ1) is 47.7. The Balaban J connectivity index is 0.775. The summed E-state index contributed by atoms with van der Waals surface area (Å²) in [6, 6.07) is 0. The molecule has 4 N–H and O–H groups in total. The number of aliphatic hydroxyl groups is 2. The summed E-state index contributed by atoms with van der Waals surface area (Å²) >= 11 is 0. The number of aliphatic hydroxyl groups excluding tert-OH is 2. The average Bonchev–Trinajstić information content (AvgIpc) is 3.77. The van der Waals surface area contributed by atoms with Crippen LogP contribution in [0.25, 0.3) is 0 Å². The smallest absolute Gasteiger partial charge is 0.303 e. The van der Waals surface area contributed by atoms with Crippen molar-refractivity contribution in [2.45, 2.75) is 214 Å². The number of ketones is 2. The minimum absolute atomic E-state index is 0.182. The molecule has 0 radical (unpaired) electrons. The Bertz CT molecular complexity index is 1570. The third kappa shape index (κ3) is 8.80. The molecular weight excluding hydrogens is 789 g/mol. The van der Waals surface area contributed by atoms with Crippen LogP contribution in [0.2, 0.25) is 0 Å². The van der Waals surface area contributed by atoms with E-state index in [4.69, 9.17) is 0 Å². The van der Waals surface area contributed by atoms with E-state index in [0.29, 0.717) is 127 Å². The molecule has 8 saturated carbocycles. The van der Waals surface area contributed by atoms with E-state index in [2.05, 4.69) is 41.5 Å². The standard InChI is InChI=1S/C55H88O8/c1-32(10-16-48(60)61)40-12-14-42-50-44(20-24-54(40,42)5)52(3)22-18-34(26-36(52)30-46(50)58)28-38(56)8-7-9-39(57)29-35-19-23-53(4)37(27-35)31-47(59)51-43-15-13-41(33(2)11-17-49(62)63)55(43,6)25-21-45(51)53/h32-37,40-47,50-51,58-59H,7-31H2,1-6H3,(H,60,61)(H,62,63)/t32-,33-,34-,35-,36?,37?,40-,41-,42+,43+,44+,45+,46+,47+,50?,51?,52+,53+,54-,55-/m0/s1. The van der Waals surface area contributed by atoms with Gasteiger partial charge in [-0.05, 0) is 227 Å². The Kier molecular flexibility index (Phi) is 13.9. The lowest BCUT2D eigenvalue weighted by Gasteiger charge is -2.62. The third-order valence-corrected chi connectivity index (χ3v) is 22.7. The molecule has 63 heavy (non-hydrogen) atoms. The van der Waals surface area contributed by atoms with Crippen LogP contribution >= 0.6 is 0 Å². The second-order valence-electron chi connectivity index (χ2n) is 25.5.